The Morgan fingerprint density at radius 2 is 2.04 bits per heavy atom. The van der Waals surface area contributed by atoms with Crippen molar-refractivity contribution in [1.29, 1.82) is 0 Å². The van der Waals surface area contributed by atoms with Crippen LogP contribution >= 0.6 is 11.6 Å². The average molecular weight is 404 g/mol. The molecule has 2 aromatic rings. The van der Waals surface area contributed by atoms with Gasteiger partial charge in [-0.3, -0.25) is 0 Å². The molecule has 2 aromatic carbocycles. The topological polar surface area (TPSA) is 78.8 Å². The number of aliphatic carboxylic acids is 1. The van der Waals surface area contributed by atoms with Crippen molar-refractivity contribution in [3.8, 4) is 5.75 Å². The molecule has 1 saturated carbocycles. The largest absolute Gasteiger partial charge is 0.482 e. The molecule has 3 atom stereocenters. The molecule has 0 aromatic heterocycles. The zero-order valence-electron chi connectivity index (χ0n) is 15.7. The lowest BCUT2D eigenvalue weighted by atomic mass is 9.81. The molecule has 3 rings (SSSR count). The Morgan fingerprint density at radius 1 is 1.21 bits per heavy atom. The summed E-state index contributed by atoms with van der Waals surface area (Å²) in [6.45, 7) is 0.152. The Bertz CT molecular complexity index is 798. The summed E-state index contributed by atoms with van der Waals surface area (Å²) in [6.07, 6.45) is 3.66. The summed E-state index contributed by atoms with van der Waals surface area (Å²) >= 11 is 6.00. The fourth-order valence-corrected chi connectivity index (χ4v) is 3.99. The van der Waals surface area contributed by atoms with E-state index < -0.39 is 12.1 Å². The van der Waals surface area contributed by atoms with Crippen LogP contribution in [0, 0.1) is 0 Å². The van der Waals surface area contributed by atoms with Crippen LogP contribution in [-0.2, 0) is 4.79 Å². The van der Waals surface area contributed by atoms with E-state index in [1.807, 2.05) is 24.3 Å². The van der Waals surface area contributed by atoms with Gasteiger partial charge in [-0.05, 0) is 60.6 Å². The van der Waals surface area contributed by atoms with Gasteiger partial charge in [-0.25, -0.2) is 4.79 Å². The van der Waals surface area contributed by atoms with Crippen LogP contribution in [0.2, 0.25) is 5.02 Å². The average Bonchev–Trinajstić information content (AvgIpc) is 2.71. The van der Waals surface area contributed by atoms with E-state index in [0.717, 1.165) is 31.2 Å². The molecule has 1 aliphatic rings. The van der Waals surface area contributed by atoms with E-state index in [1.165, 1.54) is 5.56 Å². The third-order valence-electron chi connectivity index (χ3n) is 5.20. The molecule has 5 nitrogen and oxygen atoms in total. The molecule has 0 radical (unpaired) electrons. The number of rotatable bonds is 8. The highest BCUT2D eigenvalue weighted by Crippen LogP contribution is 2.34. The third kappa shape index (κ3) is 5.96. The van der Waals surface area contributed by atoms with Gasteiger partial charge in [-0.15, -0.1) is 0 Å². The van der Waals surface area contributed by atoms with Crippen molar-refractivity contribution in [2.45, 2.75) is 43.7 Å². The molecule has 0 heterocycles. The number of carboxylic acid groups (broad SMARTS) is 1. The van der Waals surface area contributed by atoms with E-state index in [0.29, 0.717) is 29.3 Å². The van der Waals surface area contributed by atoms with Crippen LogP contribution < -0.4 is 10.1 Å². The minimum atomic E-state index is -0.981. The monoisotopic (exact) mass is 403 g/mol. The predicted molar refractivity (Wildman–Crippen MR) is 109 cm³/mol. The van der Waals surface area contributed by atoms with Gasteiger partial charge in [0.1, 0.15) is 5.75 Å². The van der Waals surface area contributed by atoms with Gasteiger partial charge in [-0.1, -0.05) is 42.3 Å². The standard InChI is InChI=1S/C22H26ClNO4/c23-18-7-1-6-17(10-18)21(25)13-24-19-8-2-4-15(11-19)16-5-3-9-20(12-16)28-14-22(26)27/h1,3,5-7,9-10,12,15,19,21,24-25H,2,4,8,11,13-14H2,(H,26,27)/t15?,19?,21-/m0/s1. The van der Waals surface area contributed by atoms with Crippen molar-refractivity contribution in [3.63, 3.8) is 0 Å². The minimum Gasteiger partial charge on any atom is -0.482 e. The molecular formula is C22H26ClNO4. The number of hydrogen-bond donors (Lipinski definition) is 3. The van der Waals surface area contributed by atoms with Crippen LogP contribution in [-0.4, -0.2) is 35.4 Å². The van der Waals surface area contributed by atoms with Crippen LogP contribution in [0.1, 0.15) is 48.8 Å². The first kappa shape index (κ1) is 20.6. The van der Waals surface area contributed by atoms with E-state index in [9.17, 15) is 9.90 Å². The smallest absolute Gasteiger partial charge is 0.341 e. The summed E-state index contributed by atoms with van der Waals surface area (Å²) in [5, 5.41) is 23.3. The second-order valence-electron chi connectivity index (χ2n) is 7.29. The van der Waals surface area contributed by atoms with Crippen molar-refractivity contribution in [2.24, 2.45) is 0 Å². The summed E-state index contributed by atoms with van der Waals surface area (Å²) in [7, 11) is 0. The molecule has 1 fully saturated rings. The number of aliphatic hydroxyl groups excluding tert-OH is 1. The van der Waals surface area contributed by atoms with Gasteiger partial charge < -0.3 is 20.3 Å². The maximum Gasteiger partial charge on any atom is 0.341 e. The predicted octanol–water partition coefficient (Wildman–Crippen LogP) is 4.15. The maximum absolute atomic E-state index is 10.7. The first-order valence-corrected chi connectivity index (χ1v) is 10.0. The Kier molecular flexibility index (Phi) is 7.31. The highest BCUT2D eigenvalue weighted by Gasteiger charge is 2.24. The van der Waals surface area contributed by atoms with Crippen LogP contribution in [0.3, 0.4) is 0 Å². The lowest BCUT2D eigenvalue weighted by Crippen LogP contribution is -2.36. The molecule has 0 aliphatic heterocycles. The van der Waals surface area contributed by atoms with Gasteiger partial charge in [0, 0.05) is 17.6 Å². The van der Waals surface area contributed by atoms with Gasteiger partial charge >= 0.3 is 5.97 Å². The molecule has 28 heavy (non-hydrogen) atoms. The van der Waals surface area contributed by atoms with Crippen molar-refractivity contribution < 1.29 is 19.7 Å². The number of aliphatic hydroxyl groups is 1. The molecule has 6 heteroatoms. The van der Waals surface area contributed by atoms with Gasteiger partial charge in [-0.2, -0.15) is 0 Å². The first-order valence-electron chi connectivity index (χ1n) is 9.62. The summed E-state index contributed by atoms with van der Waals surface area (Å²) in [4.78, 5) is 10.7. The number of nitrogens with one attached hydrogen (secondary N) is 1. The van der Waals surface area contributed by atoms with Gasteiger partial charge in [0.2, 0.25) is 0 Å². The Balaban J connectivity index is 1.55. The zero-order valence-corrected chi connectivity index (χ0v) is 16.4. The van der Waals surface area contributed by atoms with Crippen LogP contribution in [0.25, 0.3) is 0 Å². The molecule has 0 amide bonds. The van der Waals surface area contributed by atoms with Gasteiger partial charge in [0.05, 0.1) is 6.10 Å². The highest BCUT2D eigenvalue weighted by atomic mass is 35.5. The third-order valence-corrected chi connectivity index (χ3v) is 5.43. The van der Waals surface area contributed by atoms with E-state index in [4.69, 9.17) is 21.4 Å². The molecule has 1 aliphatic carbocycles. The second kappa shape index (κ2) is 9.92. The Hall–Kier alpha value is -2.08. The minimum absolute atomic E-state index is 0.330. The Labute approximate surface area is 170 Å². The lowest BCUT2D eigenvalue weighted by Gasteiger charge is -2.31. The zero-order chi connectivity index (χ0) is 19.9. The van der Waals surface area contributed by atoms with Gasteiger partial charge in [0.15, 0.2) is 6.61 Å². The summed E-state index contributed by atoms with van der Waals surface area (Å²) in [5.41, 5.74) is 1.99. The molecular weight excluding hydrogens is 378 g/mol. The van der Waals surface area contributed by atoms with E-state index in [2.05, 4.69) is 11.4 Å². The SMILES string of the molecule is O=C(O)COc1cccc(C2CCCC(NC[C@H](O)c3cccc(Cl)c3)C2)c1. The van der Waals surface area contributed by atoms with Crippen molar-refractivity contribution in [2.75, 3.05) is 13.2 Å². The Morgan fingerprint density at radius 3 is 2.82 bits per heavy atom. The number of halogens is 1. The maximum atomic E-state index is 10.7. The fraction of sp³-hybridized carbons (Fsp3) is 0.409. The van der Waals surface area contributed by atoms with Crippen LogP contribution in [0.15, 0.2) is 48.5 Å². The van der Waals surface area contributed by atoms with E-state index in [-0.39, 0.29) is 6.61 Å². The number of ether oxygens (including phenoxy) is 1. The van der Waals surface area contributed by atoms with Crippen molar-refractivity contribution >= 4 is 17.6 Å². The van der Waals surface area contributed by atoms with Crippen molar-refractivity contribution in [3.05, 3.63) is 64.7 Å². The first-order chi connectivity index (χ1) is 13.5. The van der Waals surface area contributed by atoms with E-state index >= 15 is 0 Å². The normalized spacial score (nSPS) is 20.5. The van der Waals surface area contributed by atoms with Crippen LogP contribution in [0.4, 0.5) is 0 Å². The summed E-state index contributed by atoms with van der Waals surface area (Å²) in [5.74, 6) is -0.0000958. The van der Waals surface area contributed by atoms with Gasteiger partial charge in [0.25, 0.3) is 0 Å². The van der Waals surface area contributed by atoms with Crippen LogP contribution in [0.5, 0.6) is 5.75 Å². The molecule has 2 unspecified atom stereocenters. The number of hydrogen-bond acceptors (Lipinski definition) is 4. The molecule has 0 bridgehead atoms. The number of benzene rings is 2. The number of carbonyl (C=O) groups is 1. The molecule has 0 spiro atoms. The highest BCUT2D eigenvalue weighted by molar-refractivity contribution is 6.30. The molecule has 150 valence electrons. The lowest BCUT2D eigenvalue weighted by molar-refractivity contribution is -0.139. The second-order valence-corrected chi connectivity index (χ2v) is 7.73. The quantitative estimate of drug-likeness (QED) is 0.617. The van der Waals surface area contributed by atoms with E-state index in [1.54, 1.807) is 18.2 Å². The molecule has 0 saturated heterocycles. The summed E-state index contributed by atoms with van der Waals surface area (Å²) in [6, 6.07) is 15.3. The fourth-order valence-electron chi connectivity index (χ4n) is 3.79. The summed E-state index contributed by atoms with van der Waals surface area (Å²) < 4.78 is 5.30. The van der Waals surface area contributed by atoms with Crippen molar-refractivity contribution in [1.82, 2.24) is 5.32 Å². The molecule has 3 N–H and O–H groups in total. The number of carboxylic acids is 1.